The summed E-state index contributed by atoms with van der Waals surface area (Å²) in [5.41, 5.74) is 2.69. The Bertz CT molecular complexity index is 581. The monoisotopic (exact) mass is 354 g/mol. The summed E-state index contributed by atoms with van der Waals surface area (Å²) < 4.78 is 10.7. The van der Waals surface area contributed by atoms with E-state index in [9.17, 15) is 0 Å². The van der Waals surface area contributed by atoms with Crippen molar-refractivity contribution in [3.05, 3.63) is 59.7 Å². The summed E-state index contributed by atoms with van der Waals surface area (Å²) in [6.45, 7) is 4.63. The van der Waals surface area contributed by atoms with Crippen LogP contribution in [-0.4, -0.2) is 14.2 Å². The van der Waals surface area contributed by atoms with Gasteiger partial charge in [-0.2, -0.15) is 0 Å². The van der Waals surface area contributed by atoms with E-state index < -0.39 is 0 Å². The lowest BCUT2D eigenvalue weighted by Crippen LogP contribution is -2.23. The average Bonchev–Trinajstić information content (AvgIpc) is 2.70. The molecule has 0 radical (unpaired) electrons. The zero-order valence-corrected chi connectivity index (χ0v) is 16.9. The standard InChI is InChI=1S/C24H34O2/c1-5-6-7-8-9-10-19-24(2,20-11-15-22(25-3)16-12-20)21-13-17-23(26-4)18-14-21/h11-18H,5-10,19H2,1-4H3. The molecule has 26 heavy (non-hydrogen) atoms. The Hall–Kier alpha value is -1.96. The van der Waals surface area contributed by atoms with Crippen LogP contribution in [0.2, 0.25) is 0 Å². The maximum Gasteiger partial charge on any atom is 0.118 e. The number of hydrogen-bond donors (Lipinski definition) is 0. The molecule has 2 heteroatoms. The van der Waals surface area contributed by atoms with Gasteiger partial charge in [0.05, 0.1) is 14.2 Å². The van der Waals surface area contributed by atoms with Crippen molar-refractivity contribution in [2.45, 2.75) is 64.2 Å². The molecular formula is C24H34O2. The second-order valence-electron chi connectivity index (χ2n) is 7.31. The molecule has 0 fully saturated rings. The Morgan fingerprint density at radius 2 is 1.08 bits per heavy atom. The molecule has 142 valence electrons. The van der Waals surface area contributed by atoms with Crippen molar-refractivity contribution in [1.29, 1.82) is 0 Å². The zero-order valence-electron chi connectivity index (χ0n) is 16.9. The van der Waals surface area contributed by atoms with E-state index in [4.69, 9.17) is 9.47 Å². The smallest absolute Gasteiger partial charge is 0.118 e. The van der Waals surface area contributed by atoms with E-state index in [1.165, 1.54) is 49.7 Å². The molecule has 2 aromatic carbocycles. The molecule has 0 bridgehead atoms. The third-order valence-electron chi connectivity index (χ3n) is 5.48. The normalized spacial score (nSPS) is 11.4. The predicted octanol–water partition coefficient (Wildman–Crippen LogP) is 6.76. The van der Waals surface area contributed by atoms with Gasteiger partial charge in [0.15, 0.2) is 0 Å². The first-order valence-electron chi connectivity index (χ1n) is 9.93. The lowest BCUT2D eigenvalue weighted by molar-refractivity contribution is 0.412. The minimum atomic E-state index is 0.00327. The number of hydrogen-bond acceptors (Lipinski definition) is 2. The van der Waals surface area contributed by atoms with Gasteiger partial charge in [-0.1, -0.05) is 76.6 Å². The highest BCUT2D eigenvalue weighted by molar-refractivity contribution is 5.42. The lowest BCUT2D eigenvalue weighted by atomic mass is 9.72. The van der Waals surface area contributed by atoms with Crippen LogP contribution in [0.3, 0.4) is 0 Å². The van der Waals surface area contributed by atoms with Crippen LogP contribution < -0.4 is 9.47 Å². The van der Waals surface area contributed by atoms with E-state index in [2.05, 4.69) is 62.4 Å². The van der Waals surface area contributed by atoms with Crippen LogP contribution in [0.4, 0.5) is 0 Å². The molecule has 0 unspecified atom stereocenters. The molecule has 0 amide bonds. The fraction of sp³-hybridized carbons (Fsp3) is 0.500. The quantitative estimate of drug-likeness (QED) is 0.415. The van der Waals surface area contributed by atoms with Crippen molar-refractivity contribution in [2.75, 3.05) is 14.2 Å². The molecule has 0 saturated heterocycles. The van der Waals surface area contributed by atoms with E-state index in [1.807, 2.05) is 0 Å². The molecule has 0 spiro atoms. The Kier molecular flexibility index (Phi) is 8.03. The third kappa shape index (κ3) is 5.27. The van der Waals surface area contributed by atoms with Crippen molar-refractivity contribution >= 4 is 0 Å². The molecule has 0 aliphatic heterocycles. The highest BCUT2D eigenvalue weighted by Crippen LogP contribution is 2.38. The van der Waals surface area contributed by atoms with Gasteiger partial charge >= 0.3 is 0 Å². The molecule has 0 saturated carbocycles. The summed E-state index contributed by atoms with van der Waals surface area (Å²) in [4.78, 5) is 0. The minimum absolute atomic E-state index is 0.00327. The van der Waals surface area contributed by atoms with Gasteiger partial charge in [-0.3, -0.25) is 0 Å². The second-order valence-corrected chi connectivity index (χ2v) is 7.31. The van der Waals surface area contributed by atoms with Gasteiger partial charge in [-0.05, 0) is 41.8 Å². The molecule has 0 N–H and O–H groups in total. The average molecular weight is 355 g/mol. The lowest BCUT2D eigenvalue weighted by Gasteiger charge is -2.31. The summed E-state index contributed by atoms with van der Waals surface area (Å²) in [6, 6.07) is 17.1. The first kappa shape index (κ1) is 20.4. The highest BCUT2D eigenvalue weighted by atomic mass is 16.5. The van der Waals surface area contributed by atoms with Gasteiger partial charge in [0, 0.05) is 5.41 Å². The highest BCUT2D eigenvalue weighted by Gasteiger charge is 2.28. The van der Waals surface area contributed by atoms with Crippen LogP contribution in [0.25, 0.3) is 0 Å². The fourth-order valence-corrected chi connectivity index (χ4v) is 3.63. The molecule has 0 heterocycles. The molecule has 0 atom stereocenters. The van der Waals surface area contributed by atoms with Crippen LogP contribution in [0.1, 0.15) is 69.9 Å². The molecular weight excluding hydrogens is 320 g/mol. The number of methoxy groups -OCH3 is 2. The topological polar surface area (TPSA) is 18.5 Å². The van der Waals surface area contributed by atoms with E-state index >= 15 is 0 Å². The van der Waals surface area contributed by atoms with Crippen molar-refractivity contribution in [3.63, 3.8) is 0 Å². The van der Waals surface area contributed by atoms with Crippen LogP contribution in [-0.2, 0) is 5.41 Å². The van der Waals surface area contributed by atoms with E-state index in [0.29, 0.717) is 0 Å². The van der Waals surface area contributed by atoms with Crippen molar-refractivity contribution in [1.82, 2.24) is 0 Å². The van der Waals surface area contributed by atoms with Crippen molar-refractivity contribution < 1.29 is 9.47 Å². The van der Waals surface area contributed by atoms with E-state index in [0.717, 1.165) is 17.9 Å². The maximum atomic E-state index is 5.34. The second kappa shape index (κ2) is 10.3. The Labute approximate surface area is 159 Å². The first-order chi connectivity index (χ1) is 12.6. The first-order valence-corrected chi connectivity index (χ1v) is 9.93. The minimum Gasteiger partial charge on any atom is -0.497 e. The largest absolute Gasteiger partial charge is 0.497 e. The van der Waals surface area contributed by atoms with Gasteiger partial charge in [0.1, 0.15) is 11.5 Å². The Morgan fingerprint density at radius 3 is 1.50 bits per heavy atom. The van der Waals surface area contributed by atoms with Gasteiger partial charge in [0.25, 0.3) is 0 Å². The Morgan fingerprint density at radius 1 is 0.654 bits per heavy atom. The van der Waals surface area contributed by atoms with Crippen LogP contribution in [0.15, 0.2) is 48.5 Å². The van der Waals surface area contributed by atoms with Gasteiger partial charge in [0.2, 0.25) is 0 Å². The van der Waals surface area contributed by atoms with E-state index in [1.54, 1.807) is 14.2 Å². The van der Waals surface area contributed by atoms with Crippen molar-refractivity contribution in [3.8, 4) is 11.5 Å². The van der Waals surface area contributed by atoms with Gasteiger partial charge in [-0.15, -0.1) is 0 Å². The Balaban J connectivity index is 2.18. The number of ether oxygens (including phenoxy) is 2. The number of benzene rings is 2. The van der Waals surface area contributed by atoms with Gasteiger partial charge < -0.3 is 9.47 Å². The van der Waals surface area contributed by atoms with Crippen molar-refractivity contribution in [2.24, 2.45) is 0 Å². The third-order valence-corrected chi connectivity index (χ3v) is 5.48. The molecule has 0 aromatic heterocycles. The summed E-state index contributed by atoms with van der Waals surface area (Å²) >= 11 is 0. The summed E-state index contributed by atoms with van der Waals surface area (Å²) in [5.74, 6) is 1.82. The van der Waals surface area contributed by atoms with Crippen LogP contribution in [0.5, 0.6) is 11.5 Å². The molecule has 2 nitrogen and oxygen atoms in total. The SMILES string of the molecule is CCCCCCCCC(C)(c1ccc(OC)cc1)c1ccc(OC)cc1. The molecule has 2 aromatic rings. The summed E-state index contributed by atoms with van der Waals surface area (Å²) in [7, 11) is 3.43. The number of unbranched alkanes of at least 4 members (excludes halogenated alkanes) is 5. The maximum absolute atomic E-state index is 5.34. The zero-order chi connectivity index (χ0) is 18.8. The van der Waals surface area contributed by atoms with E-state index in [-0.39, 0.29) is 5.41 Å². The molecule has 0 aliphatic carbocycles. The fourth-order valence-electron chi connectivity index (χ4n) is 3.63. The summed E-state index contributed by atoms with van der Waals surface area (Å²) in [5, 5.41) is 0. The predicted molar refractivity (Wildman–Crippen MR) is 110 cm³/mol. The molecule has 0 aliphatic rings. The number of rotatable bonds is 11. The van der Waals surface area contributed by atoms with Gasteiger partial charge in [-0.25, -0.2) is 0 Å². The van der Waals surface area contributed by atoms with Crippen LogP contribution in [0, 0.1) is 0 Å². The molecule has 2 rings (SSSR count). The summed E-state index contributed by atoms with van der Waals surface area (Å²) in [6.07, 6.45) is 9.06. The van der Waals surface area contributed by atoms with Crippen LogP contribution >= 0.6 is 0 Å².